The van der Waals surface area contributed by atoms with Crippen molar-refractivity contribution in [2.45, 2.75) is 6.54 Å². The molecule has 4 heteroatoms. The molecular formula is C20H17N3O. The molecule has 0 amide bonds. The Balaban J connectivity index is 1.66. The number of aromatic nitrogens is 2. The molecule has 0 radical (unpaired) electrons. The molecule has 1 aromatic heterocycles. The van der Waals surface area contributed by atoms with E-state index in [0.717, 1.165) is 28.0 Å². The second-order valence-corrected chi connectivity index (χ2v) is 5.64. The standard InChI is InChI=1S/C20H17N3O/c24-16-11-9-15(10-12-16)13-21-17-5-1-3-7-19(17)23-14-22-18-6-2-4-8-20(18)23/h1-12,14,21,24H,13H2. The lowest BCUT2D eigenvalue weighted by molar-refractivity contribution is 0.475. The molecule has 4 rings (SSSR count). The summed E-state index contributed by atoms with van der Waals surface area (Å²) in [5, 5.41) is 12.9. The predicted molar refractivity (Wildman–Crippen MR) is 96.5 cm³/mol. The number of hydrogen-bond donors (Lipinski definition) is 2. The quantitative estimate of drug-likeness (QED) is 0.589. The maximum atomic E-state index is 9.38. The first-order chi connectivity index (χ1) is 11.8. The summed E-state index contributed by atoms with van der Waals surface area (Å²) in [6.45, 7) is 0.684. The van der Waals surface area contributed by atoms with E-state index >= 15 is 0 Å². The van der Waals surface area contributed by atoms with Crippen LogP contribution in [0.1, 0.15) is 5.56 Å². The number of phenolic OH excluding ortho intramolecular Hbond substituents is 1. The zero-order valence-electron chi connectivity index (χ0n) is 13.1. The third kappa shape index (κ3) is 2.70. The molecule has 4 aromatic rings. The third-order valence-corrected chi connectivity index (χ3v) is 4.04. The Kier molecular flexibility index (Phi) is 3.63. The fourth-order valence-electron chi connectivity index (χ4n) is 2.80. The van der Waals surface area contributed by atoms with Crippen LogP contribution in [0.15, 0.2) is 79.1 Å². The van der Waals surface area contributed by atoms with Gasteiger partial charge in [0.15, 0.2) is 0 Å². The van der Waals surface area contributed by atoms with E-state index in [2.05, 4.69) is 33.1 Å². The first-order valence-electron chi connectivity index (χ1n) is 7.84. The molecule has 0 unspecified atom stereocenters. The van der Waals surface area contributed by atoms with Gasteiger partial charge in [0.25, 0.3) is 0 Å². The number of nitrogens with one attached hydrogen (secondary N) is 1. The van der Waals surface area contributed by atoms with E-state index in [0.29, 0.717) is 6.54 Å². The van der Waals surface area contributed by atoms with Crippen LogP contribution in [0, 0.1) is 0 Å². The first kappa shape index (κ1) is 14.3. The monoisotopic (exact) mass is 315 g/mol. The Morgan fingerprint density at radius 3 is 2.50 bits per heavy atom. The third-order valence-electron chi connectivity index (χ3n) is 4.04. The van der Waals surface area contributed by atoms with Gasteiger partial charge in [-0.2, -0.15) is 0 Å². The molecular weight excluding hydrogens is 298 g/mol. The molecule has 0 saturated carbocycles. The number of aromatic hydroxyl groups is 1. The van der Waals surface area contributed by atoms with Crippen molar-refractivity contribution < 1.29 is 5.11 Å². The molecule has 0 aliphatic rings. The minimum absolute atomic E-state index is 0.282. The largest absolute Gasteiger partial charge is 0.508 e. The molecule has 1 heterocycles. The molecule has 0 atom stereocenters. The second kappa shape index (κ2) is 6.08. The number of phenols is 1. The molecule has 118 valence electrons. The van der Waals surface area contributed by atoms with Crippen LogP contribution in [0.5, 0.6) is 5.75 Å². The summed E-state index contributed by atoms with van der Waals surface area (Å²) < 4.78 is 2.09. The van der Waals surface area contributed by atoms with E-state index in [1.54, 1.807) is 12.1 Å². The van der Waals surface area contributed by atoms with Crippen molar-refractivity contribution in [3.05, 3.63) is 84.7 Å². The Bertz CT molecular complexity index is 974. The number of anilines is 1. The molecule has 0 saturated heterocycles. The van der Waals surface area contributed by atoms with Crippen LogP contribution in [-0.2, 0) is 6.54 Å². The zero-order valence-corrected chi connectivity index (χ0v) is 13.1. The molecule has 0 bridgehead atoms. The highest BCUT2D eigenvalue weighted by atomic mass is 16.3. The van der Waals surface area contributed by atoms with Gasteiger partial charge < -0.3 is 10.4 Å². The highest BCUT2D eigenvalue weighted by Gasteiger charge is 2.08. The first-order valence-corrected chi connectivity index (χ1v) is 7.84. The second-order valence-electron chi connectivity index (χ2n) is 5.64. The van der Waals surface area contributed by atoms with Crippen LogP contribution in [0.4, 0.5) is 5.69 Å². The molecule has 0 aliphatic carbocycles. The van der Waals surface area contributed by atoms with Crippen molar-refractivity contribution in [1.29, 1.82) is 0 Å². The molecule has 4 nitrogen and oxygen atoms in total. The summed E-state index contributed by atoms with van der Waals surface area (Å²) in [5.41, 5.74) is 5.26. The summed E-state index contributed by atoms with van der Waals surface area (Å²) >= 11 is 0. The average Bonchev–Trinajstić information content (AvgIpc) is 3.05. The number of para-hydroxylation sites is 4. The van der Waals surface area contributed by atoms with Crippen LogP contribution in [0.3, 0.4) is 0 Å². The van der Waals surface area contributed by atoms with Gasteiger partial charge in [0, 0.05) is 6.54 Å². The molecule has 3 aromatic carbocycles. The maximum absolute atomic E-state index is 9.38. The van der Waals surface area contributed by atoms with Crippen molar-refractivity contribution in [3.63, 3.8) is 0 Å². The van der Waals surface area contributed by atoms with Crippen molar-refractivity contribution in [3.8, 4) is 11.4 Å². The molecule has 0 fully saturated rings. The highest BCUT2D eigenvalue weighted by Crippen LogP contribution is 2.25. The van der Waals surface area contributed by atoms with Gasteiger partial charge in [-0.1, -0.05) is 36.4 Å². The van der Waals surface area contributed by atoms with Crippen LogP contribution < -0.4 is 5.32 Å². The Labute approximate surface area is 140 Å². The summed E-state index contributed by atoms with van der Waals surface area (Å²) in [5.74, 6) is 0.282. The lowest BCUT2D eigenvalue weighted by Crippen LogP contribution is -2.03. The fourth-order valence-corrected chi connectivity index (χ4v) is 2.80. The maximum Gasteiger partial charge on any atom is 0.115 e. The number of imidazole rings is 1. The molecule has 2 N–H and O–H groups in total. The predicted octanol–water partition coefficient (Wildman–Crippen LogP) is 4.34. The Hall–Kier alpha value is -3.27. The van der Waals surface area contributed by atoms with Crippen molar-refractivity contribution in [2.24, 2.45) is 0 Å². The van der Waals surface area contributed by atoms with Crippen molar-refractivity contribution in [2.75, 3.05) is 5.32 Å². The fraction of sp³-hybridized carbons (Fsp3) is 0.0500. The number of fused-ring (bicyclic) bond motifs is 1. The van der Waals surface area contributed by atoms with Gasteiger partial charge in [-0.05, 0) is 42.0 Å². The van der Waals surface area contributed by atoms with Gasteiger partial charge in [0.05, 0.1) is 22.4 Å². The smallest absolute Gasteiger partial charge is 0.115 e. The van der Waals surface area contributed by atoms with Crippen molar-refractivity contribution >= 4 is 16.7 Å². The topological polar surface area (TPSA) is 50.1 Å². The number of nitrogens with zero attached hydrogens (tertiary/aromatic N) is 2. The summed E-state index contributed by atoms with van der Waals surface area (Å²) in [6.07, 6.45) is 1.85. The summed E-state index contributed by atoms with van der Waals surface area (Å²) in [7, 11) is 0. The lowest BCUT2D eigenvalue weighted by Gasteiger charge is -2.13. The van der Waals surface area contributed by atoms with Gasteiger partial charge in [0.1, 0.15) is 12.1 Å². The lowest BCUT2D eigenvalue weighted by atomic mass is 10.2. The summed E-state index contributed by atoms with van der Waals surface area (Å²) in [4.78, 5) is 4.47. The number of benzene rings is 3. The van der Waals surface area contributed by atoms with Gasteiger partial charge in [-0.15, -0.1) is 0 Å². The normalized spacial score (nSPS) is 10.8. The van der Waals surface area contributed by atoms with E-state index in [-0.39, 0.29) is 5.75 Å². The van der Waals surface area contributed by atoms with E-state index in [1.807, 2.05) is 48.8 Å². The van der Waals surface area contributed by atoms with Gasteiger partial charge in [-0.25, -0.2) is 4.98 Å². The minimum atomic E-state index is 0.282. The van der Waals surface area contributed by atoms with Crippen molar-refractivity contribution in [1.82, 2.24) is 9.55 Å². The average molecular weight is 315 g/mol. The summed E-state index contributed by atoms with van der Waals surface area (Å²) in [6, 6.07) is 23.5. The van der Waals surface area contributed by atoms with Gasteiger partial charge in [0.2, 0.25) is 0 Å². The van der Waals surface area contributed by atoms with Crippen LogP contribution in [0.2, 0.25) is 0 Å². The van der Waals surface area contributed by atoms with E-state index < -0.39 is 0 Å². The van der Waals surface area contributed by atoms with Crippen LogP contribution in [0.25, 0.3) is 16.7 Å². The highest BCUT2D eigenvalue weighted by molar-refractivity contribution is 5.79. The molecule has 24 heavy (non-hydrogen) atoms. The van der Waals surface area contributed by atoms with E-state index in [1.165, 1.54) is 0 Å². The van der Waals surface area contributed by atoms with Gasteiger partial charge in [-0.3, -0.25) is 4.57 Å². The van der Waals surface area contributed by atoms with Crippen LogP contribution >= 0.6 is 0 Å². The zero-order chi connectivity index (χ0) is 16.4. The minimum Gasteiger partial charge on any atom is -0.508 e. The number of hydrogen-bond acceptors (Lipinski definition) is 3. The Morgan fingerprint density at radius 2 is 1.62 bits per heavy atom. The van der Waals surface area contributed by atoms with E-state index in [4.69, 9.17) is 0 Å². The van der Waals surface area contributed by atoms with Crippen LogP contribution in [-0.4, -0.2) is 14.7 Å². The Morgan fingerprint density at radius 1 is 0.875 bits per heavy atom. The molecule has 0 spiro atoms. The SMILES string of the molecule is Oc1ccc(CNc2ccccc2-n2cnc3ccccc32)cc1. The number of rotatable bonds is 4. The molecule has 0 aliphatic heterocycles. The van der Waals surface area contributed by atoms with Gasteiger partial charge >= 0.3 is 0 Å². The van der Waals surface area contributed by atoms with E-state index in [9.17, 15) is 5.11 Å².